The number of aryl methyl sites for hydroxylation is 1. The zero-order valence-corrected chi connectivity index (χ0v) is 14.0. The lowest BCUT2D eigenvalue weighted by Gasteiger charge is -2.25. The van der Waals surface area contributed by atoms with Gasteiger partial charge in [0.2, 0.25) is 0 Å². The highest BCUT2D eigenvalue weighted by Crippen LogP contribution is 2.12. The van der Waals surface area contributed by atoms with Gasteiger partial charge in [0.25, 0.3) is 0 Å². The lowest BCUT2D eigenvalue weighted by molar-refractivity contribution is 0.110. The Hall–Kier alpha value is -1.12. The van der Waals surface area contributed by atoms with Gasteiger partial charge in [-0.15, -0.1) is 0 Å². The van der Waals surface area contributed by atoms with Crippen LogP contribution in [0, 0.1) is 0 Å². The van der Waals surface area contributed by atoms with Gasteiger partial charge in [0.15, 0.2) is 0 Å². The van der Waals surface area contributed by atoms with Crippen molar-refractivity contribution in [2.75, 3.05) is 14.1 Å². The fourth-order valence-electron chi connectivity index (χ4n) is 2.62. The van der Waals surface area contributed by atoms with E-state index in [0.717, 1.165) is 12.0 Å². The van der Waals surface area contributed by atoms with Gasteiger partial charge in [-0.3, -0.25) is 0 Å². The Balaban J connectivity index is 2.56. The maximum Gasteiger partial charge on any atom is 0.0879 e. The van der Waals surface area contributed by atoms with E-state index in [2.05, 4.69) is 43.0 Å². The molecule has 1 aromatic rings. The van der Waals surface area contributed by atoms with Crippen molar-refractivity contribution in [3.05, 3.63) is 41.5 Å². The van der Waals surface area contributed by atoms with Gasteiger partial charge in [0.1, 0.15) is 0 Å². The molecule has 0 aliphatic rings. The first-order valence-corrected chi connectivity index (χ1v) is 8.20. The number of unbranched alkanes of at least 4 members (excludes halogenated alkanes) is 2. The third kappa shape index (κ3) is 6.45. The first-order chi connectivity index (χ1) is 10.1. The molecule has 2 nitrogen and oxygen atoms in total. The van der Waals surface area contributed by atoms with Crippen molar-refractivity contribution in [1.82, 2.24) is 4.90 Å². The van der Waals surface area contributed by atoms with Gasteiger partial charge in [0.05, 0.1) is 6.10 Å². The molecule has 21 heavy (non-hydrogen) atoms. The summed E-state index contributed by atoms with van der Waals surface area (Å²) in [5, 5.41) is 10.2. The Morgan fingerprint density at radius 3 is 2.29 bits per heavy atom. The molecule has 0 saturated carbocycles. The minimum Gasteiger partial charge on any atom is -0.387 e. The fraction of sp³-hybridized carbons (Fsp3) is 0.579. The van der Waals surface area contributed by atoms with Crippen LogP contribution in [-0.2, 0) is 6.42 Å². The minimum absolute atomic E-state index is 0.176. The molecule has 0 heterocycles. The molecule has 0 aromatic heterocycles. The molecular weight excluding hydrogens is 258 g/mol. The van der Waals surface area contributed by atoms with Crippen LogP contribution < -0.4 is 0 Å². The van der Waals surface area contributed by atoms with E-state index in [1.807, 2.05) is 26.2 Å². The van der Waals surface area contributed by atoms with Crippen molar-refractivity contribution in [3.8, 4) is 0 Å². The van der Waals surface area contributed by atoms with Crippen molar-refractivity contribution < 1.29 is 5.11 Å². The Bertz CT molecular complexity index is 408. The molecule has 0 radical (unpaired) electrons. The van der Waals surface area contributed by atoms with Crippen molar-refractivity contribution in [2.24, 2.45) is 0 Å². The number of likely N-dealkylation sites (N-methyl/N-ethyl adjacent to an activating group) is 1. The van der Waals surface area contributed by atoms with E-state index in [0.29, 0.717) is 0 Å². The summed E-state index contributed by atoms with van der Waals surface area (Å²) in [4.78, 5) is 2.08. The maximum absolute atomic E-state index is 10.2. The number of aliphatic hydroxyl groups excluding tert-OH is 1. The van der Waals surface area contributed by atoms with Gasteiger partial charge >= 0.3 is 0 Å². The van der Waals surface area contributed by atoms with Gasteiger partial charge in [-0.05, 0) is 44.5 Å². The van der Waals surface area contributed by atoms with Crippen LogP contribution in [0.15, 0.2) is 30.3 Å². The molecule has 1 rings (SSSR count). The molecule has 1 N–H and O–H groups in total. The second kappa shape index (κ2) is 9.75. The molecule has 0 aliphatic carbocycles. The standard InChI is InChI=1S/C19H31NO/c1-5-7-8-9-16-10-12-17(13-11-16)14-15-19(21)18(6-2)20(3)4/h10-15,18-19,21H,5-9H2,1-4H3/b15-14+/t18-,19+/m1/s1. The minimum atomic E-state index is -0.422. The second-order valence-electron chi connectivity index (χ2n) is 5.99. The highest BCUT2D eigenvalue weighted by molar-refractivity contribution is 5.50. The predicted molar refractivity (Wildman–Crippen MR) is 92.5 cm³/mol. The van der Waals surface area contributed by atoms with Gasteiger partial charge in [-0.1, -0.05) is 63.1 Å². The number of aliphatic hydroxyl groups is 1. The molecule has 0 saturated heterocycles. The van der Waals surface area contributed by atoms with Crippen LogP contribution in [0.5, 0.6) is 0 Å². The molecule has 0 amide bonds. The summed E-state index contributed by atoms with van der Waals surface area (Å²) in [6.07, 6.45) is 9.45. The zero-order chi connectivity index (χ0) is 15.7. The SMILES string of the molecule is CCCCCc1ccc(/C=C/[C@H](O)[C@@H](CC)N(C)C)cc1. The van der Waals surface area contributed by atoms with Crippen LogP contribution in [-0.4, -0.2) is 36.2 Å². The summed E-state index contributed by atoms with van der Waals surface area (Å²) < 4.78 is 0. The average molecular weight is 289 g/mol. The molecular formula is C19H31NO. The predicted octanol–water partition coefficient (Wildman–Crippen LogP) is 4.13. The van der Waals surface area contributed by atoms with Crippen molar-refractivity contribution in [1.29, 1.82) is 0 Å². The van der Waals surface area contributed by atoms with Gasteiger partial charge in [0, 0.05) is 6.04 Å². The molecule has 1 aromatic carbocycles. The van der Waals surface area contributed by atoms with E-state index in [1.54, 1.807) is 0 Å². The van der Waals surface area contributed by atoms with Crippen LogP contribution in [0.1, 0.15) is 50.7 Å². The lowest BCUT2D eigenvalue weighted by atomic mass is 10.0. The van der Waals surface area contributed by atoms with Crippen molar-refractivity contribution >= 4 is 6.08 Å². The number of hydrogen-bond donors (Lipinski definition) is 1. The third-order valence-corrected chi connectivity index (χ3v) is 4.01. The Labute approximate surface area is 130 Å². The van der Waals surface area contributed by atoms with Crippen molar-refractivity contribution in [3.63, 3.8) is 0 Å². The van der Waals surface area contributed by atoms with E-state index < -0.39 is 6.10 Å². The molecule has 2 atom stereocenters. The summed E-state index contributed by atoms with van der Waals surface area (Å²) in [6, 6.07) is 8.85. The van der Waals surface area contributed by atoms with Gasteiger partial charge in [-0.2, -0.15) is 0 Å². The molecule has 118 valence electrons. The van der Waals surface area contributed by atoms with Crippen LogP contribution in [0.2, 0.25) is 0 Å². The monoisotopic (exact) mass is 289 g/mol. The lowest BCUT2D eigenvalue weighted by Crippen LogP contribution is -2.37. The van der Waals surface area contributed by atoms with Crippen LogP contribution in [0.3, 0.4) is 0 Å². The molecule has 0 aliphatic heterocycles. The van der Waals surface area contributed by atoms with E-state index in [4.69, 9.17) is 0 Å². The summed E-state index contributed by atoms with van der Waals surface area (Å²) in [5.74, 6) is 0. The van der Waals surface area contributed by atoms with Crippen LogP contribution in [0.25, 0.3) is 6.08 Å². The first-order valence-electron chi connectivity index (χ1n) is 8.20. The third-order valence-electron chi connectivity index (χ3n) is 4.01. The van der Waals surface area contributed by atoms with E-state index in [-0.39, 0.29) is 6.04 Å². The van der Waals surface area contributed by atoms with Gasteiger partial charge < -0.3 is 10.0 Å². The Kier molecular flexibility index (Phi) is 8.33. The summed E-state index contributed by atoms with van der Waals surface area (Å²) in [6.45, 7) is 4.34. The largest absolute Gasteiger partial charge is 0.387 e. The number of hydrogen-bond acceptors (Lipinski definition) is 2. The summed E-state index contributed by atoms with van der Waals surface area (Å²) >= 11 is 0. The molecule has 0 spiro atoms. The fourth-order valence-corrected chi connectivity index (χ4v) is 2.62. The highest BCUT2D eigenvalue weighted by Gasteiger charge is 2.16. The molecule has 0 unspecified atom stereocenters. The number of benzene rings is 1. The highest BCUT2D eigenvalue weighted by atomic mass is 16.3. The Morgan fingerprint density at radius 1 is 1.10 bits per heavy atom. The van der Waals surface area contributed by atoms with Crippen LogP contribution >= 0.6 is 0 Å². The second-order valence-corrected chi connectivity index (χ2v) is 5.99. The van der Waals surface area contributed by atoms with E-state index >= 15 is 0 Å². The summed E-state index contributed by atoms with van der Waals surface area (Å²) in [7, 11) is 4.02. The maximum atomic E-state index is 10.2. The molecule has 2 heteroatoms. The molecule has 0 bridgehead atoms. The van der Waals surface area contributed by atoms with Gasteiger partial charge in [-0.25, -0.2) is 0 Å². The van der Waals surface area contributed by atoms with Crippen molar-refractivity contribution in [2.45, 2.75) is 58.1 Å². The zero-order valence-electron chi connectivity index (χ0n) is 14.0. The summed E-state index contributed by atoms with van der Waals surface area (Å²) in [5.41, 5.74) is 2.56. The number of nitrogens with zero attached hydrogens (tertiary/aromatic N) is 1. The topological polar surface area (TPSA) is 23.5 Å². The normalized spacial score (nSPS) is 14.8. The number of rotatable bonds is 9. The quantitative estimate of drug-likeness (QED) is 0.691. The van der Waals surface area contributed by atoms with E-state index in [1.165, 1.54) is 31.2 Å². The molecule has 0 fully saturated rings. The Morgan fingerprint density at radius 2 is 1.76 bits per heavy atom. The van der Waals surface area contributed by atoms with E-state index in [9.17, 15) is 5.11 Å². The van der Waals surface area contributed by atoms with Crippen LogP contribution in [0.4, 0.5) is 0 Å². The average Bonchev–Trinajstić information content (AvgIpc) is 2.47. The smallest absolute Gasteiger partial charge is 0.0879 e. The first kappa shape index (κ1) is 17.9.